The molecule has 2 heterocycles. The summed E-state index contributed by atoms with van der Waals surface area (Å²) in [6.45, 7) is 11.4. The fraction of sp³-hybridized carbons (Fsp3) is 0.755. The van der Waals surface area contributed by atoms with Crippen molar-refractivity contribution in [3.8, 4) is 0 Å². The Kier molecular flexibility index (Phi) is 32.2. The maximum absolute atomic E-state index is 13.3. The van der Waals surface area contributed by atoms with E-state index in [0.29, 0.717) is 135 Å². The summed E-state index contributed by atoms with van der Waals surface area (Å²) in [4.78, 5) is 111. The summed E-state index contributed by atoms with van der Waals surface area (Å²) in [7, 11) is 0. The Morgan fingerprint density at radius 1 is 0.653 bits per heavy atom. The summed E-state index contributed by atoms with van der Waals surface area (Å²) in [6.07, 6.45) is 11.0. The van der Waals surface area contributed by atoms with Gasteiger partial charge in [-0.2, -0.15) is 11.8 Å². The van der Waals surface area contributed by atoms with Crippen LogP contribution in [-0.4, -0.2) is 160 Å². The lowest BCUT2D eigenvalue weighted by Gasteiger charge is -2.28. The minimum Gasteiger partial charge on any atom is -0.511 e. The summed E-state index contributed by atoms with van der Waals surface area (Å²) in [5.41, 5.74) is -0.536. The Hall–Kier alpha value is -5.06. The highest BCUT2D eigenvalue weighted by molar-refractivity contribution is 8.00. The zero-order valence-corrected chi connectivity index (χ0v) is 45.4. The molecule has 0 aromatic rings. The molecule has 2 aliphatic heterocycles. The van der Waals surface area contributed by atoms with E-state index in [1.54, 1.807) is 0 Å². The van der Waals surface area contributed by atoms with Crippen molar-refractivity contribution >= 4 is 64.9 Å². The van der Waals surface area contributed by atoms with Crippen LogP contribution < -0.4 is 37.2 Å². The third-order valence-corrected chi connectivity index (χ3v) is 14.3. The van der Waals surface area contributed by atoms with Crippen molar-refractivity contribution in [1.29, 1.82) is 0 Å². The summed E-state index contributed by atoms with van der Waals surface area (Å²) in [5.74, 6) is -1.55. The van der Waals surface area contributed by atoms with E-state index in [9.17, 15) is 48.3 Å². The number of amides is 7. The molecule has 1 saturated carbocycles. The van der Waals surface area contributed by atoms with E-state index < -0.39 is 17.4 Å². The number of carbonyl (C=O) groups excluding carboxylic acids is 9. The number of unbranched alkanes of at least 4 members (excludes halogenated alkanes) is 5. The SMILES string of the molecule is C=CCOC(=O)CCCCCNC(=O)CCC(=O)NC(CCCCNC(=O)CCCCC(O)=C1C(=O)CC(C)(C)CC1=O)C(=O)NCCCOCCOCCOCCCNC(=O)CCCCC1SC[C@@H]2NC(=O)N[C@H]12. The molecule has 75 heavy (non-hydrogen) atoms. The third kappa shape index (κ3) is 28.6. The second-order valence-electron chi connectivity index (χ2n) is 20.0. The van der Waals surface area contributed by atoms with Gasteiger partial charge in [-0.15, -0.1) is 0 Å². The third-order valence-electron chi connectivity index (χ3n) is 12.8. The molecule has 0 spiro atoms. The van der Waals surface area contributed by atoms with E-state index in [2.05, 4.69) is 43.8 Å². The van der Waals surface area contributed by atoms with Crippen LogP contribution in [0.25, 0.3) is 0 Å². The predicted octanol–water partition coefficient (Wildman–Crippen LogP) is 4.06. The number of nitrogens with one attached hydrogen (secondary N) is 7. The lowest BCUT2D eigenvalue weighted by Crippen LogP contribution is -2.47. The van der Waals surface area contributed by atoms with Crippen LogP contribution in [0.5, 0.6) is 0 Å². The number of rotatable bonds is 42. The normalized spacial score (nSPS) is 18.0. The Bertz CT molecular complexity index is 1860. The quantitative estimate of drug-likeness (QED) is 0.00814. The van der Waals surface area contributed by atoms with Crippen molar-refractivity contribution in [2.24, 2.45) is 5.41 Å². The van der Waals surface area contributed by atoms with Crippen LogP contribution in [0.2, 0.25) is 0 Å². The summed E-state index contributed by atoms with van der Waals surface area (Å²) < 4.78 is 21.8. The fourth-order valence-corrected chi connectivity index (χ4v) is 10.3. The maximum Gasteiger partial charge on any atom is 0.315 e. The molecular formula is C53H87N7O14S. The van der Waals surface area contributed by atoms with Crippen LogP contribution in [0, 0.1) is 5.41 Å². The van der Waals surface area contributed by atoms with Gasteiger partial charge in [0, 0.05) is 102 Å². The van der Waals surface area contributed by atoms with Crippen molar-refractivity contribution < 1.29 is 67.2 Å². The Morgan fingerprint density at radius 3 is 1.83 bits per heavy atom. The molecule has 0 aromatic carbocycles. The van der Waals surface area contributed by atoms with Gasteiger partial charge in [0.05, 0.1) is 44.1 Å². The van der Waals surface area contributed by atoms with Crippen LogP contribution in [-0.2, 0) is 57.3 Å². The van der Waals surface area contributed by atoms with Gasteiger partial charge < -0.3 is 61.3 Å². The van der Waals surface area contributed by atoms with E-state index in [-0.39, 0.29) is 122 Å². The number of Topliss-reactive ketones (excluding diaryl/α,β-unsaturated/α-hetero) is 2. The molecule has 2 saturated heterocycles. The number of carbonyl (C=O) groups is 9. The first kappa shape index (κ1) is 64.2. The minimum absolute atomic E-state index is 0.0337. The second-order valence-corrected chi connectivity index (χ2v) is 21.3. The van der Waals surface area contributed by atoms with E-state index in [1.807, 2.05) is 25.6 Å². The van der Waals surface area contributed by atoms with E-state index in [0.717, 1.165) is 31.4 Å². The first-order valence-corrected chi connectivity index (χ1v) is 28.2. The minimum atomic E-state index is -0.867. The van der Waals surface area contributed by atoms with Gasteiger partial charge in [0.25, 0.3) is 0 Å². The molecule has 3 aliphatic rings. The highest BCUT2D eigenvalue weighted by Crippen LogP contribution is 2.35. The number of aliphatic hydroxyl groups excluding tert-OH is 1. The van der Waals surface area contributed by atoms with Crippen molar-refractivity contribution in [2.75, 3.05) is 78.2 Å². The van der Waals surface area contributed by atoms with Crippen molar-refractivity contribution in [1.82, 2.24) is 37.2 Å². The number of hydrogen-bond acceptors (Lipinski definition) is 15. The topological polar surface area (TPSA) is 295 Å². The average molecular weight is 1080 g/mol. The van der Waals surface area contributed by atoms with Crippen LogP contribution >= 0.6 is 11.8 Å². The van der Waals surface area contributed by atoms with Crippen LogP contribution in [0.3, 0.4) is 0 Å². The molecule has 7 amide bonds. The summed E-state index contributed by atoms with van der Waals surface area (Å²) in [5, 5.41) is 31.0. The summed E-state index contributed by atoms with van der Waals surface area (Å²) >= 11 is 1.88. The fourth-order valence-electron chi connectivity index (χ4n) is 8.77. The molecule has 424 valence electrons. The number of aliphatic hydroxyl groups is 1. The number of allylic oxidation sites excluding steroid dienone is 2. The zero-order valence-electron chi connectivity index (χ0n) is 44.6. The smallest absolute Gasteiger partial charge is 0.315 e. The maximum atomic E-state index is 13.3. The number of urea groups is 1. The van der Waals surface area contributed by atoms with Crippen molar-refractivity contribution in [3.63, 3.8) is 0 Å². The summed E-state index contributed by atoms with van der Waals surface area (Å²) in [6, 6.07) is -0.546. The standard InChI is InChI=1S/C53H87N7O14S/c1-4-28-74-48(68)21-6-5-12-24-55-46(66)22-23-47(67)58-38(16-11-13-25-54-44(64)19-9-7-17-40(61)49-41(62)35-53(2,3)36-42(49)63)51(69)57-27-15-30-72-32-34-73-33-31-71-29-14-26-56-45(65)20-10-8-18-43-50-39(37-75-43)59-52(70)60-50/h4,38-39,43,50,61H,1,5-37H2,2-3H3,(H,54,64)(H,55,66)(H,56,65)(H,57,69)(H,58,67)(H2,59,60,70)/t38?,39-,43?,50-/m0/s1. The highest BCUT2D eigenvalue weighted by Gasteiger charge is 2.42. The van der Waals surface area contributed by atoms with Crippen LogP contribution in [0.4, 0.5) is 4.79 Å². The van der Waals surface area contributed by atoms with E-state index in [4.69, 9.17) is 18.9 Å². The molecule has 0 radical (unpaired) electrons. The highest BCUT2D eigenvalue weighted by atomic mass is 32.2. The molecular weight excluding hydrogens is 991 g/mol. The molecule has 0 aromatic heterocycles. The molecule has 1 aliphatic carbocycles. The first-order valence-electron chi connectivity index (χ1n) is 27.1. The first-order chi connectivity index (χ1) is 36.1. The molecule has 0 bridgehead atoms. The molecule has 8 N–H and O–H groups in total. The van der Waals surface area contributed by atoms with Crippen molar-refractivity contribution in [2.45, 2.75) is 172 Å². The van der Waals surface area contributed by atoms with Gasteiger partial charge in [-0.05, 0) is 76.0 Å². The zero-order chi connectivity index (χ0) is 54.7. The molecule has 3 fully saturated rings. The van der Waals surface area contributed by atoms with Gasteiger partial charge in [-0.1, -0.05) is 39.3 Å². The number of ketones is 2. The molecule has 4 atom stereocenters. The molecule has 2 unspecified atom stereocenters. The van der Waals surface area contributed by atoms with Gasteiger partial charge in [0.1, 0.15) is 18.4 Å². The molecule has 21 nitrogen and oxygen atoms in total. The monoisotopic (exact) mass is 1080 g/mol. The number of ether oxygens (including phenoxy) is 4. The predicted molar refractivity (Wildman–Crippen MR) is 283 cm³/mol. The van der Waals surface area contributed by atoms with Gasteiger partial charge in [-0.3, -0.25) is 38.4 Å². The number of thioether (sulfide) groups is 1. The van der Waals surface area contributed by atoms with Gasteiger partial charge >= 0.3 is 12.0 Å². The Labute approximate surface area is 447 Å². The largest absolute Gasteiger partial charge is 0.511 e. The van der Waals surface area contributed by atoms with Gasteiger partial charge in [0.15, 0.2) is 11.6 Å². The van der Waals surface area contributed by atoms with Gasteiger partial charge in [0.2, 0.25) is 29.5 Å². The van der Waals surface area contributed by atoms with E-state index >= 15 is 0 Å². The van der Waals surface area contributed by atoms with Gasteiger partial charge in [-0.25, -0.2) is 4.79 Å². The lowest BCUT2D eigenvalue weighted by molar-refractivity contribution is -0.142. The second kappa shape index (κ2) is 37.6. The van der Waals surface area contributed by atoms with Crippen LogP contribution in [0.1, 0.15) is 149 Å². The molecule has 3 rings (SSSR count). The number of esters is 1. The number of fused-ring (bicyclic) bond motifs is 1. The number of hydrogen-bond donors (Lipinski definition) is 8. The Morgan fingerprint density at radius 2 is 1.19 bits per heavy atom. The lowest BCUT2D eigenvalue weighted by atomic mass is 9.73. The van der Waals surface area contributed by atoms with Crippen LogP contribution in [0.15, 0.2) is 24.0 Å². The average Bonchev–Trinajstić information content (AvgIpc) is 3.92. The van der Waals surface area contributed by atoms with Crippen molar-refractivity contribution in [3.05, 3.63) is 24.0 Å². The Balaban J connectivity index is 1.24. The van der Waals surface area contributed by atoms with E-state index in [1.165, 1.54) is 6.08 Å². The molecule has 22 heteroatoms.